The number of nitrogens with one attached hydrogen (secondary N) is 1. The Morgan fingerprint density at radius 2 is 1.81 bits per heavy atom. The van der Waals surface area contributed by atoms with Gasteiger partial charge in [-0.2, -0.15) is 0 Å². The Morgan fingerprint density at radius 3 is 2.57 bits per heavy atom. The van der Waals surface area contributed by atoms with Crippen molar-refractivity contribution < 1.29 is 4.74 Å². The fraction of sp³-hybridized carbons (Fsp3) is 0.444. The number of fused-ring (bicyclic) bond motifs is 1. The Balaban J connectivity index is 1.63. The first-order valence-corrected chi connectivity index (χ1v) is 7.86. The second-order valence-electron chi connectivity index (χ2n) is 5.70. The van der Waals surface area contributed by atoms with E-state index in [0.717, 1.165) is 25.4 Å². The Morgan fingerprint density at radius 1 is 1.05 bits per heavy atom. The third kappa shape index (κ3) is 3.36. The highest BCUT2D eigenvalue weighted by molar-refractivity contribution is 5.91. The lowest BCUT2D eigenvalue weighted by molar-refractivity contribution is 0.336. The van der Waals surface area contributed by atoms with Crippen molar-refractivity contribution in [2.75, 3.05) is 33.3 Å². The zero-order valence-electron chi connectivity index (χ0n) is 12.8. The van der Waals surface area contributed by atoms with Crippen LogP contribution in [0.5, 0.6) is 5.75 Å². The van der Waals surface area contributed by atoms with Gasteiger partial charge in [-0.3, -0.25) is 0 Å². The van der Waals surface area contributed by atoms with Gasteiger partial charge in [0.1, 0.15) is 5.75 Å². The van der Waals surface area contributed by atoms with Gasteiger partial charge in [0.05, 0.1) is 7.11 Å². The molecule has 1 fully saturated rings. The average molecular weight is 284 g/mol. The molecule has 1 N–H and O–H groups in total. The van der Waals surface area contributed by atoms with Gasteiger partial charge in [-0.1, -0.05) is 30.3 Å². The lowest BCUT2D eigenvalue weighted by atomic mass is 10.0. The normalized spacial score (nSPS) is 15.7. The number of methoxy groups -OCH3 is 1. The molecule has 0 radical (unpaired) electrons. The van der Waals surface area contributed by atoms with Gasteiger partial charge in [0.2, 0.25) is 0 Å². The van der Waals surface area contributed by atoms with Crippen molar-refractivity contribution in [3.8, 4) is 5.75 Å². The van der Waals surface area contributed by atoms with Crippen molar-refractivity contribution >= 4 is 10.8 Å². The number of ether oxygens (including phenoxy) is 1. The molecule has 3 heteroatoms. The summed E-state index contributed by atoms with van der Waals surface area (Å²) in [6.07, 6.45) is 2.73. The fourth-order valence-corrected chi connectivity index (χ4v) is 3.13. The molecule has 3 rings (SSSR count). The molecule has 1 saturated heterocycles. The van der Waals surface area contributed by atoms with Crippen LogP contribution in [0.25, 0.3) is 10.8 Å². The molecule has 0 bridgehead atoms. The standard InChI is InChI=1S/C18H24N2O/c1-21-18-9-8-15(16-6-2-3-7-17(16)18)14-19-10-13-20-11-4-5-12-20/h2-3,6-9,19H,4-5,10-14H2,1H3. The highest BCUT2D eigenvalue weighted by Gasteiger charge is 2.10. The first-order chi connectivity index (χ1) is 10.4. The minimum Gasteiger partial charge on any atom is -0.496 e. The van der Waals surface area contributed by atoms with Crippen LogP contribution in [0.4, 0.5) is 0 Å². The van der Waals surface area contributed by atoms with Crippen LogP contribution in [-0.4, -0.2) is 38.2 Å². The molecule has 1 heterocycles. The Hall–Kier alpha value is -1.58. The van der Waals surface area contributed by atoms with Crippen molar-refractivity contribution in [3.05, 3.63) is 42.0 Å². The summed E-state index contributed by atoms with van der Waals surface area (Å²) >= 11 is 0. The molecule has 1 aliphatic heterocycles. The Bertz CT molecular complexity index is 591. The molecular formula is C18H24N2O. The predicted molar refractivity (Wildman–Crippen MR) is 87.9 cm³/mol. The van der Waals surface area contributed by atoms with Gasteiger partial charge in [-0.15, -0.1) is 0 Å². The van der Waals surface area contributed by atoms with Gasteiger partial charge in [0.25, 0.3) is 0 Å². The zero-order chi connectivity index (χ0) is 14.5. The van der Waals surface area contributed by atoms with Crippen LogP contribution in [0.2, 0.25) is 0 Å². The SMILES string of the molecule is COc1ccc(CNCCN2CCCC2)c2ccccc12. The highest BCUT2D eigenvalue weighted by Crippen LogP contribution is 2.28. The molecule has 112 valence electrons. The maximum Gasteiger partial charge on any atom is 0.126 e. The van der Waals surface area contributed by atoms with Gasteiger partial charge >= 0.3 is 0 Å². The minimum absolute atomic E-state index is 0.915. The molecule has 3 nitrogen and oxygen atoms in total. The number of rotatable bonds is 6. The van der Waals surface area contributed by atoms with Crippen molar-refractivity contribution in [2.24, 2.45) is 0 Å². The second kappa shape index (κ2) is 6.92. The maximum absolute atomic E-state index is 5.45. The van der Waals surface area contributed by atoms with Crippen molar-refractivity contribution in [3.63, 3.8) is 0 Å². The average Bonchev–Trinajstić information content (AvgIpc) is 3.05. The summed E-state index contributed by atoms with van der Waals surface area (Å²) in [5.41, 5.74) is 1.34. The highest BCUT2D eigenvalue weighted by atomic mass is 16.5. The lowest BCUT2D eigenvalue weighted by Crippen LogP contribution is -2.29. The van der Waals surface area contributed by atoms with Gasteiger partial charge < -0.3 is 15.0 Å². The van der Waals surface area contributed by atoms with Crippen LogP contribution in [0.3, 0.4) is 0 Å². The fourth-order valence-electron chi connectivity index (χ4n) is 3.13. The molecule has 0 aromatic heterocycles. The van der Waals surface area contributed by atoms with Gasteiger partial charge in [-0.25, -0.2) is 0 Å². The van der Waals surface area contributed by atoms with E-state index in [4.69, 9.17) is 4.74 Å². The van der Waals surface area contributed by atoms with Gasteiger partial charge in [0.15, 0.2) is 0 Å². The predicted octanol–water partition coefficient (Wildman–Crippen LogP) is 3.03. The summed E-state index contributed by atoms with van der Waals surface area (Å²) in [5.74, 6) is 0.950. The summed E-state index contributed by atoms with van der Waals surface area (Å²) in [5, 5.41) is 6.05. The molecular weight excluding hydrogens is 260 g/mol. The van der Waals surface area contributed by atoms with E-state index in [1.54, 1.807) is 7.11 Å². The number of nitrogens with zero attached hydrogens (tertiary/aromatic N) is 1. The van der Waals surface area contributed by atoms with E-state index in [1.165, 1.54) is 42.3 Å². The molecule has 2 aromatic rings. The van der Waals surface area contributed by atoms with Crippen molar-refractivity contribution in [1.82, 2.24) is 10.2 Å². The Kier molecular flexibility index (Phi) is 4.73. The molecule has 0 atom stereocenters. The van der Waals surface area contributed by atoms with Gasteiger partial charge in [0, 0.05) is 25.0 Å². The smallest absolute Gasteiger partial charge is 0.126 e. The molecule has 0 spiro atoms. The lowest BCUT2D eigenvalue weighted by Gasteiger charge is -2.15. The van der Waals surface area contributed by atoms with E-state index in [0.29, 0.717) is 0 Å². The minimum atomic E-state index is 0.915. The summed E-state index contributed by atoms with van der Waals surface area (Å²) < 4.78 is 5.45. The van der Waals surface area contributed by atoms with Crippen molar-refractivity contribution in [1.29, 1.82) is 0 Å². The van der Waals surface area contributed by atoms with Gasteiger partial charge in [-0.05, 0) is 42.9 Å². The summed E-state index contributed by atoms with van der Waals surface area (Å²) in [6.45, 7) is 5.67. The topological polar surface area (TPSA) is 24.5 Å². The molecule has 0 amide bonds. The van der Waals surface area contributed by atoms with Crippen LogP contribution in [-0.2, 0) is 6.54 Å². The first-order valence-electron chi connectivity index (χ1n) is 7.86. The Labute approximate surface area is 126 Å². The number of hydrogen-bond donors (Lipinski definition) is 1. The monoisotopic (exact) mass is 284 g/mol. The number of benzene rings is 2. The van der Waals surface area contributed by atoms with Crippen LogP contribution in [0, 0.1) is 0 Å². The second-order valence-corrected chi connectivity index (χ2v) is 5.70. The van der Waals surface area contributed by atoms with E-state index in [-0.39, 0.29) is 0 Å². The molecule has 21 heavy (non-hydrogen) atoms. The van der Waals surface area contributed by atoms with Crippen LogP contribution < -0.4 is 10.1 Å². The van der Waals surface area contributed by atoms with Crippen LogP contribution >= 0.6 is 0 Å². The molecule has 0 unspecified atom stereocenters. The summed E-state index contributed by atoms with van der Waals surface area (Å²) in [4.78, 5) is 2.54. The zero-order valence-corrected chi connectivity index (χ0v) is 12.8. The third-order valence-corrected chi connectivity index (χ3v) is 4.31. The molecule has 1 aliphatic rings. The first kappa shape index (κ1) is 14.4. The van der Waals surface area contributed by atoms with E-state index in [9.17, 15) is 0 Å². The van der Waals surface area contributed by atoms with Crippen LogP contribution in [0.15, 0.2) is 36.4 Å². The quantitative estimate of drug-likeness (QED) is 0.825. The molecule has 0 saturated carbocycles. The van der Waals surface area contributed by atoms with E-state index >= 15 is 0 Å². The van der Waals surface area contributed by atoms with E-state index in [2.05, 4.69) is 46.6 Å². The number of likely N-dealkylation sites (tertiary alicyclic amines) is 1. The molecule has 0 aliphatic carbocycles. The van der Waals surface area contributed by atoms with Crippen LogP contribution in [0.1, 0.15) is 18.4 Å². The molecule has 2 aromatic carbocycles. The third-order valence-electron chi connectivity index (χ3n) is 4.31. The van der Waals surface area contributed by atoms with E-state index < -0.39 is 0 Å². The maximum atomic E-state index is 5.45. The summed E-state index contributed by atoms with van der Waals surface area (Å²) in [7, 11) is 1.73. The van der Waals surface area contributed by atoms with Crippen molar-refractivity contribution in [2.45, 2.75) is 19.4 Å². The number of hydrogen-bond acceptors (Lipinski definition) is 3. The summed E-state index contributed by atoms with van der Waals surface area (Å²) in [6, 6.07) is 12.7. The largest absolute Gasteiger partial charge is 0.496 e. The van der Waals surface area contributed by atoms with E-state index in [1.807, 2.05) is 0 Å².